The molecule has 7 heteroatoms. The zero-order valence-corrected chi connectivity index (χ0v) is 14.8. The molecule has 0 spiro atoms. The lowest BCUT2D eigenvalue weighted by Crippen LogP contribution is -3.19. The molecule has 2 heterocycles. The first-order chi connectivity index (χ1) is 12.1. The summed E-state index contributed by atoms with van der Waals surface area (Å²) in [5.74, 6) is 1.31. The molecule has 0 aromatic heterocycles. The Kier molecular flexibility index (Phi) is 5.43. The lowest BCUT2D eigenvalue weighted by Gasteiger charge is -2.36. The summed E-state index contributed by atoms with van der Waals surface area (Å²) in [4.78, 5) is 27.7. The third kappa shape index (κ3) is 3.87. The van der Waals surface area contributed by atoms with Crippen molar-refractivity contribution in [3.8, 4) is 11.5 Å². The molecule has 0 saturated carbocycles. The molecule has 25 heavy (non-hydrogen) atoms. The lowest BCUT2D eigenvalue weighted by atomic mass is 10.2. The number of piperazine rings is 1. The molecular formula is C18H26N3O4+. The Morgan fingerprint density at radius 2 is 1.96 bits per heavy atom. The van der Waals surface area contributed by atoms with Gasteiger partial charge in [0, 0.05) is 6.54 Å². The fourth-order valence-corrected chi connectivity index (χ4v) is 3.30. The first-order valence-electron chi connectivity index (χ1n) is 8.89. The van der Waals surface area contributed by atoms with E-state index in [-0.39, 0.29) is 24.5 Å². The van der Waals surface area contributed by atoms with Gasteiger partial charge in [-0.1, -0.05) is 12.1 Å². The normalized spacial score (nSPS) is 21.5. The highest BCUT2D eigenvalue weighted by Gasteiger charge is 2.35. The van der Waals surface area contributed by atoms with Crippen LogP contribution < -0.4 is 19.7 Å². The summed E-state index contributed by atoms with van der Waals surface area (Å²) in [5, 5.41) is 2.86. The number of benzene rings is 1. The number of rotatable bonds is 4. The minimum Gasteiger partial charge on any atom is -0.485 e. The van der Waals surface area contributed by atoms with Crippen molar-refractivity contribution in [2.75, 3.05) is 39.3 Å². The van der Waals surface area contributed by atoms with Gasteiger partial charge in [0.15, 0.2) is 17.5 Å². The van der Waals surface area contributed by atoms with Gasteiger partial charge in [-0.15, -0.1) is 0 Å². The third-order valence-electron chi connectivity index (χ3n) is 4.86. The smallest absolute Gasteiger partial charge is 0.278 e. The van der Waals surface area contributed by atoms with E-state index in [4.69, 9.17) is 9.47 Å². The average molecular weight is 348 g/mol. The molecule has 0 bridgehead atoms. The first kappa shape index (κ1) is 17.5. The highest BCUT2D eigenvalue weighted by Crippen LogP contribution is 2.31. The second kappa shape index (κ2) is 7.74. The molecule has 0 aliphatic carbocycles. The molecule has 2 N–H and O–H groups in total. The van der Waals surface area contributed by atoms with E-state index in [1.54, 1.807) is 0 Å². The molecule has 1 saturated heterocycles. The number of carbonyl (C=O) groups is 2. The number of nitrogens with zero attached hydrogens (tertiary/aromatic N) is 1. The number of nitrogens with one attached hydrogen (secondary N) is 2. The van der Waals surface area contributed by atoms with Crippen molar-refractivity contribution in [3.05, 3.63) is 24.3 Å². The fraction of sp³-hybridized carbons (Fsp3) is 0.556. The Morgan fingerprint density at radius 1 is 1.28 bits per heavy atom. The zero-order chi connectivity index (χ0) is 17.8. The van der Waals surface area contributed by atoms with Crippen LogP contribution in [0, 0.1) is 0 Å². The third-order valence-corrected chi connectivity index (χ3v) is 4.86. The molecule has 2 amide bonds. The van der Waals surface area contributed by atoms with Crippen LogP contribution >= 0.6 is 0 Å². The highest BCUT2D eigenvalue weighted by atomic mass is 16.6. The van der Waals surface area contributed by atoms with Gasteiger partial charge in [0.25, 0.3) is 11.8 Å². The van der Waals surface area contributed by atoms with Gasteiger partial charge in [-0.2, -0.15) is 0 Å². The largest absolute Gasteiger partial charge is 0.485 e. The number of amides is 2. The molecule has 0 radical (unpaired) electrons. The number of para-hydroxylation sites is 2. The lowest BCUT2D eigenvalue weighted by molar-refractivity contribution is -0.918. The molecule has 136 valence electrons. The van der Waals surface area contributed by atoms with Crippen LogP contribution in [0.5, 0.6) is 11.5 Å². The van der Waals surface area contributed by atoms with Crippen molar-refractivity contribution in [1.82, 2.24) is 10.2 Å². The minimum atomic E-state index is -0.600. The van der Waals surface area contributed by atoms with Crippen LogP contribution in [0.1, 0.15) is 13.8 Å². The van der Waals surface area contributed by atoms with Crippen LogP contribution in [-0.4, -0.2) is 68.2 Å². The maximum absolute atomic E-state index is 12.7. The quantitative estimate of drug-likeness (QED) is 0.738. The van der Waals surface area contributed by atoms with Gasteiger partial charge in [0.2, 0.25) is 6.10 Å². The Labute approximate surface area is 147 Å². The van der Waals surface area contributed by atoms with E-state index >= 15 is 0 Å². The summed E-state index contributed by atoms with van der Waals surface area (Å²) in [7, 11) is 0. The molecule has 2 aliphatic rings. The van der Waals surface area contributed by atoms with Gasteiger partial charge in [-0.3, -0.25) is 9.59 Å². The first-order valence-corrected chi connectivity index (χ1v) is 8.89. The summed E-state index contributed by atoms with van der Waals surface area (Å²) in [5.41, 5.74) is 0. The Hall–Kier alpha value is -2.28. The molecule has 3 rings (SSSR count). The van der Waals surface area contributed by atoms with E-state index in [9.17, 15) is 9.59 Å². The van der Waals surface area contributed by atoms with Gasteiger partial charge in [-0.05, 0) is 26.0 Å². The van der Waals surface area contributed by atoms with Gasteiger partial charge in [0.1, 0.15) is 6.61 Å². The second-order valence-electron chi connectivity index (χ2n) is 6.46. The number of carbonyl (C=O) groups excluding carboxylic acids is 2. The van der Waals surface area contributed by atoms with E-state index in [0.29, 0.717) is 31.1 Å². The number of hydrogen-bond acceptors (Lipinski definition) is 4. The molecule has 1 fully saturated rings. The SMILES string of the molecule is CCNC(=O)[C@@H](C)[NH+]1CCN(C(=O)[C@H]2COc3ccccc3O2)CC1. The highest BCUT2D eigenvalue weighted by molar-refractivity contribution is 5.82. The van der Waals surface area contributed by atoms with E-state index in [2.05, 4.69) is 5.32 Å². The van der Waals surface area contributed by atoms with Crippen molar-refractivity contribution in [2.45, 2.75) is 26.0 Å². The zero-order valence-electron chi connectivity index (χ0n) is 14.8. The van der Waals surface area contributed by atoms with Gasteiger partial charge >= 0.3 is 0 Å². The van der Waals surface area contributed by atoms with Crippen LogP contribution in [0.2, 0.25) is 0 Å². The van der Waals surface area contributed by atoms with E-state index < -0.39 is 6.10 Å². The van der Waals surface area contributed by atoms with E-state index in [1.165, 1.54) is 4.90 Å². The van der Waals surface area contributed by atoms with Crippen molar-refractivity contribution in [2.24, 2.45) is 0 Å². The van der Waals surface area contributed by atoms with Crippen LogP contribution in [-0.2, 0) is 9.59 Å². The number of hydrogen-bond donors (Lipinski definition) is 2. The van der Waals surface area contributed by atoms with Crippen LogP contribution in [0.4, 0.5) is 0 Å². The van der Waals surface area contributed by atoms with Gasteiger partial charge in [-0.25, -0.2) is 0 Å². The summed E-state index contributed by atoms with van der Waals surface area (Å²) in [6.07, 6.45) is -0.600. The topological polar surface area (TPSA) is 72.3 Å². The molecule has 1 aromatic carbocycles. The maximum Gasteiger partial charge on any atom is 0.278 e. The van der Waals surface area contributed by atoms with Crippen LogP contribution in [0.25, 0.3) is 0 Å². The Bertz CT molecular complexity index is 629. The predicted octanol–water partition coefficient (Wildman–Crippen LogP) is -0.922. The monoisotopic (exact) mass is 348 g/mol. The summed E-state index contributed by atoms with van der Waals surface area (Å²) < 4.78 is 11.4. The van der Waals surface area contributed by atoms with E-state index in [0.717, 1.165) is 13.1 Å². The molecule has 2 aliphatic heterocycles. The number of ether oxygens (including phenoxy) is 2. The second-order valence-corrected chi connectivity index (χ2v) is 6.46. The summed E-state index contributed by atoms with van der Waals surface area (Å²) in [6, 6.07) is 7.28. The number of fused-ring (bicyclic) bond motifs is 1. The molecule has 7 nitrogen and oxygen atoms in total. The summed E-state index contributed by atoms with van der Waals surface area (Å²) >= 11 is 0. The van der Waals surface area contributed by atoms with Gasteiger partial charge in [0.05, 0.1) is 26.2 Å². The molecular weight excluding hydrogens is 322 g/mol. The fourth-order valence-electron chi connectivity index (χ4n) is 3.30. The van der Waals surface area contributed by atoms with E-state index in [1.807, 2.05) is 43.0 Å². The molecule has 0 unspecified atom stereocenters. The van der Waals surface area contributed by atoms with Crippen LogP contribution in [0.3, 0.4) is 0 Å². The summed E-state index contributed by atoms with van der Waals surface area (Å²) in [6.45, 7) is 7.49. The average Bonchev–Trinajstić information content (AvgIpc) is 2.66. The standard InChI is InChI=1S/C18H25N3O4/c1-3-19-17(22)13(2)20-8-10-21(11-9-20)18(23)16-12-24-14-6-4-5-7-15(14)25-16/h4-7,13,16H,3,8-12H2,1-2H3,(H,19,22)/p+1/t13-,16-/m1/s1. The number of likely N-dealkylation sites (N-methyl/N-ethyl adjacent to an activating group) is 1. The van der Waals surface area contributed by atoms with Crippen LogP contribution in [0.15, 0.2) is 24.3 Å². The Morgan fingerprint density at radius 3 is 2.64 bits per heavy atom. The van der Waals surface area contributed by atoms with Crippen molar-refractivity contribution < 1.29 is 24.0 Å². The molecule has 1 aromatic rings. The van der Waals surface area contributed by atoms with Crippen molar-refractivity contribution in [1.29, 1.82) is 0 Å². The van der Waals surface area contributed by atoms with Crippen molar-refractivity contribution >= 4 is 11.8 Å². The predicted molar refractivity (Wildman–Crippen MR) is 91.8 cm³/mol. The number of quaternary nitrogens is 1. The Balaban J connectivity index is 1.53. The van der Waals surface area contributed by atoms with Crippen molar-refractivity contribution in [3.63, 3.8) is 0 Å². The minimum absolute atomic E-state index is 0.0424. The molecule has 2 atom stereocenters. The van der Waals surface area contributed by atoms with Gasteiger partial charge < -0.3 is 24.6 Å². The maximum atomic E-state index is 12.7.